The van der Waals surface area contributed by atoms with Crippen LogP contribution in [0, 0.1) is 0 Å². The van der Waals surface area contributed by atoms with E-state index in [9.17, 15) is 13.2 Å². The first-order valence-electron chi connectivity index (χ1n) is 7.56. The maximum atomic E-state index is 12.5. The number of ether oxygens (including phenoxy) is 2. The van der Waals surface area contributed by atoms with Crippen molar-refractivity contribution in [1.82, 2.24) is 15.6 Å². The van der Waals surface area contributed by atoms with E-state index in [0.29, 0.717) is 24.2 Å². The molecule has 136 valence electrons. The van der Waals surface area contributed by atoms with Gasteiger partial charge in [0.25, 0.3) is 0 Å². The van der Waals surface area contributed by atoms with Crippen LogP contribution in [0.5, 0.6) is 0 Å². The highest BCUT2D eigenvalue weighted by Crippen LogP contribution is 2.29. The molecular weight excluding hydrogens is 345 g/mol. The van der Waals surface area contributed by atoms with Crippen molar-refractivity contribution in [1.29, 1.82) is 0 Å². The molecule has 2 unspecified atom stereocenters. The van der Waals surface area contributed by atoms with E-state index in [1.807, 2.05) is 6.92 Å². The number of halogens is 3. The Bertz CT molecular complexity index is 544. The van der Waals surface area contributed by atoms with E-state index < -0.39 is 11.9 Å². The summed E-state index contributed by atoms with van der Waals surface area (Å²) in [7, 11) is 1.59. The normalized spacial score (nSPS) is 20.2. The molecule has 10 heteroatoms. The summed E-state index contributed by atoms with van der Waals surface area (Å²) < 4.78 is 48.5. The van der Waals surface area contributed by atoms with Crippen LogP contribution in [0.15, 0.2) is 10.4 Å². The molecule has 2 N–H and O–H groups in total. The number of hydrogen-bond acceptors (Lipinski definition) is 5. The zero-order valence-electron chi connectivity index (χ0n) is 13.5. The van der Waals surface area contributed by atoms with E-state index in [2.05, 4.69) is 20.6 Å². The number of aliphatic imine (C=N–C) groups is 1. The number of guanidine groups is 1. The van der Waals surface area contributed by atoms with Crippen molar-refractivity contribution in [3.63, 3.8) is 0 Å². The zero-order chi connectivity index (χ0) is 17.6. The number of alkyl halides is 3. The van der Waals surface area contributed by atoms with Crippen molar-refractivity contribution in [2.24, 2.45) is 4.99 Å². The Hall–Kier alpha value is -1.39. The lowest BCUT2D eigenvalue weighted by atomic mass is 10.3. The van der Waals surface area contributed by atoms with Gasteiger partial charge in [-0.05, 0) is 13.3 Å². The van der Waals surface area contributed by atoms with Crippen LogP contribution in [0.3, 0.4) is 0 Å². The van der Waals surface area contributed by atoms with Gasteiger partial charge in [0, 0.05) is 25.1 Å². The molecule has 1 aliphatic rings. The van der Waals surface area contributed by atoms with Crippen LogP contribution in [0.4, 0.5) is 13.2 Å². The lowest BCUT2D eigenvalue weighted by molar-refractivity contribution is -0.140. The van der Waals surface area contributed by atoms with Crippen LogP contribution in [-0.2, 0) is 22.2 Å². The van der Waals surface area contributed by atoms with Crippen molar-refractivity contribution >= 4 is 17.3 Å². The van der Waals surface area contributed by atoms with E-state index >= 15 is 0 Å². The molecule has 1 aromatic heterocycles. The largest absolute Gasteiger partial charge is 0.434 e. The molecule has 0 saturated carbocycles. The summed E-state index contributed by atoms with van der Waals surface area (Å²) in [6.45, 7) is 3.94. The van der Waals surface area contributed by atoms with Crippen molar-refractivity contribution in [2.75, 3.05) is 26.9 Å². The van der Waals surface area contributed by atoms with Crippen LogP contribution in [-0.4, -0.2) is 50.0 Å². The SMILES string of the molecule is CN=C(NCc1nc(C(F)(F)F)cs1)NC(C)COC1CCOC1. The van der Waals surface area contributed by atoms with Gasteiger partial charge in [0.15, 0.2) is 11.7 Å². The smallest absolute Gasteiger partial charge is 0.379 e. The first-order chi connectivity index (χ1) is 11.4. The average molecular weight is 366 g/mol. The number of nitrogens with zero attached hydrogens (tertiary/aromatic N) is 2. The monoisotopic (exact) mass is 366 g/mol. The Kier molecular flexibility index (Phi) is 6.81. The Morgan fingerprint density at radius 1 is 1.58 bits per heavy atom. The summed E-state index contributed by atoms with van der Waals surface area (Å²) in [4.78, 5) is 7.61. The predicted octanol–water partition coefficient (Wildman–Crippen LogP) is 2.02. The number of rotatable bonds is 6. The van der Waals surface area contributed by atoms with Gasteiger partial charge in [0.2, 0.25) is 0 Å². The molecule has 1 fully saturated rings. The average Bonchev–Trinajstić information content (AvgIpc) is 3.19. The number of nitrogens with one attached hydrogen (secondary N) is 2. The van der Waals surface area contributed by atoms with Crippen molar-refractivity contribution in [3.8, 4) is 0 Å². The maximum Gasteiger partial charge on any atom is 0.434 e. The second-order valence-electron chi connectivity index (χ2n) is 5.41. The van der Waals surface area contributed by atoms with Crippen molar-refractivity contribution in [2.45, 2.75) is 38.2 Å². The van der Waals surface area contributed by atoms with E-state index in [0.717, 1.165) is 29.7 Å². The number of aromatic nitrogens is 1. The highest BCUT2D eigenvalue weighted by molar-refractivity contribution is 7.09. The van der Waals surface area contributed by atoms with Gasteiger partial charge in [0.05, 0.1) is 25.9 Å². The third-order valence-electron chi connectivity index (χ3n) is 3.33. The molecule has 1 aliphatic heterocycles. The molecule has 2 heterocycles. The molecule has 0 spiro atoms. The zero-order valence-corrected chi connectivity index (χ0v) is 14.3. The Balaban J connectivity index is 1.74. The van der Waals surface area contributed by atoms with Crippen molar-refractivity contribution < 1.29 is 22.6 Å². The topological polar surface area (TPSA) is 67.8 Å². The molecule has 0 bridgehead atoms. The first kappa shape index (κ1) is 18.9. The third kappa shape index (κ3) is 5.91. The fourth-order valence-corrected chi connectivity index (χ4v) is 2.82. The molecule has 0 radical (unpaired) electrons. The highest BCUT2D eigenvalue weighted by atomic mass is 32.1. The quantitative estimate of drug-likeness (QED) is 0.596. The summed E-state index contributed by atoms with van der Waals surface area (Å²) >= 11 is 0.960. The van der Waals surface area contributed by atoms with E-state index in [1.54, 1.807) is 7.05 Å². The lowest BCUT2D eigenvalue weighted by Gasteiger charge is -2.19. The number of thiazole rings is 1. The van der Waals surface area contributed by atoms with Crippen molar-refractivity contribution in [3.05, 3.63) is 16.1 Å². The summed E-state index contributed by atoms with van der Waals surface area (Å²) in [5.41, 5.74) is -0.868. The molecule has 0 amide bonds. The highest BCUT2D eigenvalue weighted by Gasteiger charge is 2.33. The van der Waals surface area contributed by atoms with Gasteiger partial charge in [-0.15, -0.1) is 11.3 Å². The molecular formula is C14H21F3N4O2S. The molecule has 0 aromatic carbocycles. The Morgan fingerprint density at radius 2 is 2.38 bits per heavy atom. The van der Waals surface area contributed by atoms with Gasteiger partial charge in [-0.2, -0.15) is 13.2 Å². The van der Waals surface area contributed by atoms with Gasteiger partial charge >= 0.3 is 6.18 Å². The van der Waals surface area contributed by atoms with Crippen LogP contribution in [0.2, 0.25) is 0 Å². The van der Waals surface area contributed by atoms with E-state index in [-0.39, 0.29) is 18.7 Å². The van der Waals surface area contributed by atoms with Crippen LogP contribution in [0.1, 0.15) is 24.0 Å². The lowest BCUT2D eigenvalue weighted by Crippen LogP contribution is -2.44. The Labute approximate surface area is 142 Å². The minimum atomic E-state index is -4.41. The van der Waals surface area contributed by atoms with Gasteiger partial charge in [-0.25, -0.2) is 4.98 Å². The third-order valence-corrected chi connectivity index (χ3v) is 4.17. The summed E-state index contributed by atoms with van der Waals surface area (Å²) in [6, 6.07) is -0.00108. The minimum Gasteiger partial charge on any atom is -0.379 e. The van der Waals surface area contributed by atoms with Gasteiger partial charge in [0.1, 0.15) is 5.01 Å². The second-order valence-corrected chi connectivity index (χ2v) is 6.36. The summed E-state index contributed by atoms with van der Waals surface area (Å²) in [6.07, 6.45) is -3.39. The van der Waals surface area contributed by atoms with Gasteiger partial charge in [-0.1, -0.05) is 0 Å². The van der Waals surface area contributed by atoms with Gasteiger partial charge < -0.3 is 20.1 Å². The van der Waals surface area contributed by atoms with E-state index in [1.165, 1.54) is 0 Å². The summed E-state index contributed by atoms with van der Waals surface area (Å²) in [5, 5.41) is 7.43. The van der Waals surface area contributed by atoms with Crippen LogP contribution >= 0.6 is 11.3 Å². The molecule has 2 rings (SSSR count). The first-order valence-corrected chi connectivity index (χ1v) is 8.44. The molecule has 24 heavy (non-hydrogen) atoms. The molecule has 6 nitrogen and oxygen atoms in total. The fourth-order valence-electron chi connectivity index (χ4n) is 2.08. The molecule has 2 atom stereocenters. The molecule has 1 aromatic rings. The standard InChI is InChI=1S/C14H21F3N4O2S/c1-9(6-23-10-3-4-22-7-10)20-13(18-2)19-5-12-21-11(8-24-12)14(15,16)17/h8-10H,3-7H2,1-2H3,(H2,18,19,20). The molecule has 0 aliphatic carbocycles. The molecule has 1 saturated heterocycles. The predicted molar refractivity (Wildman–Crippen MR) is 85.1 cm³/mol. The van der Waals surface area contributed by atoms with E-state index in [4.69, 9.17) is 9.47 Å². The maximum absolute atomic E-state index is 12.5. The summed E-state index contributed by atoms with van der Waals surface area (Å²) in [5.74, 6) is 0.484. The second kappa shape index (κ2) is 8.63. The van der Waals surface area contributed by atoms with Gasteiger partial charge in [-0.3, -0.25) is 4.99 Å². The number of hydrogen-bond donors (Lipinski definition) is 2. The van der Waals surface area contributed by atoms with Crippen LogP contribution in [0.25, 0.3) is 0 Å². The minimum absolute atomic E-state index is 0.00108. The van der Waals surface area contributed by atoms with Crippen LogP contribution < -0.4 is 10.6 Å². The Morgan fingerprint density at radius 3 is 2.96 bits per heavy atom. The fraction of sp³-hybridized carbons (Fsp3) is 0.714.